The highest BCUT2D eigenvalue weighted by Crippen LogP contribution is 2.13. The minimum atomic E-state index is -0.892. The second-order valence-corrected chi connectivity index (χ2v) is 4.04. The lowest BCUT2D eigenvalue weighted by Gasteiger charge is -2.21. The number of hydrogen-bond donors (Lipinski definition) is 1. The molecule has 0 aromatic rings. The first kappa shape index (κ1) is 12.5. The standard InChI is InChI=1S/C12H20O3/c1-3-12(2,13)8-6-10-15-11-7-4-5-9-14-11/h11,13H,3-5,7,9-10H2,1-2H3. The van der Waals surface area contributed by atoms with Gasteiger partial charge in [-0.2, -0.15) is 0 Å². The molecule has 2 unspecified atom stereocenters. The highest BCUT2D eigenvalue weighted by molar-refractivity contribution is 5.11. The third kappa shape index (κ3) is 5.17. The topological polar surface area (TPSA) is 38.7 Å². The van der Waals surface area contributed by atoms with E-state index in [-0.39, 0.29) is 6.29 Å². The molecule has 0 aliphatic carbocycles. The first-order valence-electron chi connectivity index (χ1n) is 5.59. The maximum absolute atomic E-state index is 9.60. The minimum absolute atomic E-state index is 0.0976. The zero-order valence-electron chi connectivity index (χ0n) is 9.58. The summed E-state index contributed by atoms with van der Waals surface area (Å²) >= 11 is 0. The molecule has 0 aromatic carbocycles. The fourth-order valence-corrected chi connectivity index (χ4v) is 1.29. The van der Waals surface area contributed by atoms with Gasteiger partial charge in [-0.15, -0.1) is 0 Å². The van der Waals surface area contributed by atoms with Crippen molar-refractivity contribution in [3.63, 3.8) is 0 Å². The van der Waals surface area contributed by atoms with Crippen molar-refractivity contribution in [2.75, 3.05) is 13.2 Å². The fraction of sp³-hybridized carbons (Fsp3) is 0.833. The summed E-state index contributed by atoms with van der Waals surface area (Å²) in [6.07, 6.45) is 3.76. The van der Waals surface area contributed by atoms with E-state index in [9.17, 15) is 5.11 Å². The van der Waals surface area contributed by atoms with Gasteiger partial charge < -0.3 is 14.6 Å². The highest BCUT2D eigenvalue weighted by Gasteiger charge is 2.14. The average Bonchev–Trinajstić information content (AvgIpc) is 2.26. The highest BCUT2D eigenvalue weighted by atomic mass is 16.7. The molecule has 2 atom stereocenters. The Hall–Kier alpha value is -0.560. The largest absolute Gasteiger partial charge is 0.378 e. The SMILES string of the molecule is CCC(C)(O)C#CCOC1CCCCO1. The minimum Gasteiger partial charge on any atom is -0.378 e. The maximum Gasteiger partial charge on any atom is 0.158 e. The Morgan fingerprint density at radius 3 is 2.93 bits per heavy atom. The summed E-state index contributed by atoms with van der Waals surface area (Å²) in [5.41, 5.74) is -0.892. The second kappa shape index (κ2) is 6.12. The van der Waals surface area contributed by atoms with E-state index in [0.29, 0.717) is 13.0 Å². The van der Waals surface area contributed by atoms with E-state index in [0.717, 1.165) is 25.9 Å². The summed E-state index contributed by atoms with van der Waals surface area (Å²) < 4.78 is 10.8. The summed E-state index contributed by atoms with van der Waals surface area (Å²) in [5, 5.41) is 9.60. The van der Waals surface area contributed by atoms with Crippen LogP contribution in [-0.4, -0.2) is 30.2 Å². The molecule has 0 radical (unpaired) electrons. The summed E-state index contributed by atoms with van der Waals surface area (Å²) in [7, 11) is 0. The summed E-state index contributed by atoms with van der Waals surface area (Å²) in [6.45, 7) is 4.72. The molecule has 1 aliphatic rings. The molecule has 86 valence electrons. The molecule has 0 aromatic heterocycles. The molecule has 3 nitrogen and oxygen atoms in total. The van der Waals surface area contributed by atoms with Crippen LogP contribution < -0.4 is 0 Å². The summed E-state index contributed by atoms with van der Waals surface area (Å²) in [6, 6.07) is 0. The van der Waals surface area contributed by atoms with Crippen LogP contribution in [0.5, 0.6) is 0 Å². The predicted octanol–water partition coefficient (Wildman–Crippen LogP) is 1.69. The van der Waals surface area contributed by atoms with Gasteiger partial charge in [-0.1, -0.05) is 18.8 Å². The monoisotopic (exact) mass is 212 g/mol. The first-order valence-corrected chi connectivity index (χ1v) is 5.59. The average molecular weight is 212 g/mol. The second-order valence-electron chi connectivity index (χ2n) is 4.04. The van der Waals surface area contributed by atoms with Gasteiger partial charge >= 0.3 is 0 Å². The van der Waals surface area contributed by atoms with E-state index in [1.54, 1.807) is 6.92 Å². The molecule has 3 heteroatoms. The molecule has 15 heavy (non-hydrogen) atoms. The van der Waals surface area contributed by atoms with Crippen molar-refractivity contribution in [2.45, 2.75) is 51.4 Å². The molecule has 1 saturated heterocycles. The van der Waals surface area contributed by atoms with Gasteiger partial charge in [0.25, 0.3) is 0 Å². The molecule has 1 aliphatic heterocycles. The van der Waals surface area contributed by atoms with Crippen LogP contribution in [0.1, 0.15) is 39.5 Å². The third-order valence-corrected chi connectivity index (χ3v) is 2.53. The quantitative estimate of drug-likeness (QED) is 0.724. The zero-order valence-corrected chi connectivity index (χ0v) is 9.58. The van der Waals surface area contributed by atoms with Crippen LogP contribution in [0.3, 0.4) is 0 Å². The van der Waals surface area contributed by atoms with E-state index in [1.165, 1.54) is 0 Å². The fourth-order valence-electron chi connectivity index (χ4n) is 1.29. The Morgan fingerprint density at radius 1 is 1.53 bits per heavy atom. The van der Waals surface area contributed by atoms with E-state index in [1.807, 2.05) is 6.92 Å². The van der Waals surface area contributed by atoms with Crippen LogP contribution in [0, 0.1) is 11.8 Å². The lowest BCUT2D eigenvalue weighted by atomic mass is 10.1. The van der Waals surface area contributed by atoms with E-state index >= 15 is 0 Å². The van der Waals surface area contributed by atoms with Gasteiger partial charge in [0.1, 0.15) is 12.2 Å². The lowest BCUT2D eigenvalue weighted by molar-refractivity contribution is -0.154. The van der Waals surface area contributed by atoms with Gasteiger partial charge in [-0.25, -0.2) is 0 Å². The molecule has 0 amide bonds. The summed E-state index contributed by atoms with van der Waals surface area (Å²) in [4.78, 5) is 0. The molecule has 1 heterocycles. The third-order valence-electron chi connectivity index (χ3n) is 2.53. The van der Waals surface area contributed by atoms with E-state index < -0.39 is 5.60 Å². The molecule has 1 fully saturated rings. The van der Waals surface area contributed by atoms with Crippen molar-refractivity contribution in [1.82, 2.24) is 0 Å². The Bertz CT molecular complexity index is 231. The summed E-state index contributed by atoms with van der Waals surface area (Å²) in [5.74, 6) is 5.59. The predicted molar refractivity (Wildman–Crippen MR) is 58.2 cm³/mol. The van der Waals surface area contributed by atoms with Gasteiger partial charge in [0, 0.05) is 6.61 Å². The van der Waals surface area contributed by atoms with Crippen LogP contribution >= 0.6 is 0 Å². The molecule has 1 rings (SSSR count). The molecule has 1 N–H and O–H groups in total. The normalized spacial score (nSPS) is 25.1. The smallest absolute Gasteiger partial charge is 0.158 e. The Labute approximate surface area is 91.8 Å². The van der Waals surface area contributed by atoms with Crippen molar-refractivity contribution >= 4 is 0 Å². The first-order chi connectivity index (χ1) is 7.14. The van der Waals surface area contributed by atoms with Gasteiger partial charge in [-0.3, -0.25) is 0 Å². The van der Waals surface area contributed by atoms with Crippen LogP contribution in [0.25, 0.3) is 0 Å². The van der Waals surface area contributed by atoms with Crippen LogP contribution in [0.4, 0.5) is 0 Å². The van der Waals surface area contributed by atoms with Gasteiger partial charge in [0.2, 0.25) is 0 Å². The molecule has 0 bridgehead atoms. The van der Waals surface area contributed by atoms with Crippen LogP contribution in [-0.2, 0) is 9.47 Å². The van der Waals surface area contributed by atoms with Crippen molar-refractivity contribution < 1.29 is 14.6 Å². The van der Waals surface area contributed by atoms with Crippen molar-refractivity contribution in [1.29, 1.82) is 0 Å². The zero-order chi connectivity index (χ0) is 11.1. The van der Waals surface area contributed by atoms with Gasteiger partial charge in [-0.05, 0) is 32.6 Å². The molecular formula is C12H20O3. The van der Waals surface area contributed by atoms with Crippen LogP contribution in [0.2, 0.25) is 0 Å². The van der Waals surface area contributed by atoms with E-state index in [2.05, 4.69) is 11.8 Å². The maximum atomic E-state index is 9.60. The Kier molecular flexibility index (Phi) is 5.10. The Balaban J connectivity index is 2.19. The van der Waals surface area contributed by atoms with Crippen LogP contribution in [0.15, 0.2) is 0 Å². The van der Waals surface area contributed by atoms with Gasteiger partial charge in [0.05, 0.1) is 0 Å². The molecular weight excluding hydrogens is 192 g/mol. The van der Waals surface area contributed by atoms with Crippen molar-refractivity contribution in [3.05, 3.63) is 0 Å². The number of rotatable bonds is 3. The van der Waals surface area contributed by atoms with Gasteiger partial charge in [0.15, 0.2) is 6.29 Å². The number of ether oxygens (including phenoxy) is 2. The lowest BCUT2D eigenvalue weighted by Crippen LogP contribution is -2.23. The molecule has 0 spiro atoms. The molecule has 0 saturated carbocycles. The van der Waals surface area contributed by atoms with Crippen molar-refractivity contribution in [3.8, 4) is 11.8 Å². The van der Waals surface area contributed by atoms with Crippen molar-refractivity contribution in [2.24, 2.45) is 0 Å². The Morgan fingerprint density at radius 2 is 2.33 bits per heavy atom. The number of hydrogen-bond acceptors (Lipinski definition) is 3. The van der Waals surface area contributed by atoms with E-state index in [4.69, 9.17) is 9.47 Å². The number of aliphatic hydroxyl groups is 1.